The van der Waals surface area contributed by atoms with Gasteiger partial charge in [-0.1, -0.05) is 12.1 Å². The van der Waals surface area contributed by atoms with Crippen LogP contribution in [0.3, 0.4) is 0 Å². The van der Waals surface area contributed by atoms with Crippen molar-refractivity contribution in [3.05, 3.63) is 53.3 Å². The SMILES string of the molecule is Cc1ccc(-c2ccc(C(F)(F)F)c(C(=O)O)c2)cn1. The highest BCUT2D eigenvalue weighted by Crippen LogP contribution is 2.34. The number of nitrogens with zero attached hydrogens (tertiary/aromatic N) is 1. The summed E-state index contributed by atoms with van der Waals surface area (Å²) in [5.74, 6) is -1.61. The van der Waals surface area contributed by atoms with Crippen molar-refractivity contribution in [2.75, 3.05) is 0 Å². The predicted molar refractivity (Wildman–Crippen MR) is 66.4 cm³/mol. The average Bonchev–Trinajstić information content (AvgIpc) is 2.37. The molecule has 2 rings (SSSR count). The Balaban J connectivity index is 2.56. The van der Waals surface area contributed by atoms with Crippen LogP contribution in [-0.2, 0) is 6.18 Å². The molecule has 6 heteroatoms. The fraction of sp³-hybridized carbons (Fsp3) is 0.143. The average molecular weight is 281 g/mol. The van der Waals surface area contributed by atoms with Gasteiger partial charge in [0.1, 0.15) is 0 Å². The smallest absolute Gasteiger partial charge is 0.417 e. The largest absolute Gasteiger partial charge is 0.478 e. The van der Waals surface area contributed by atoms with Gasteiger partial charge in [0.15, 0.2) is 0 Å². The lowest BCUT2D eigenvalue weighted by Crippen LogP contribution is -2.12. The standard InChI is InChI=1S/C14H10F3NO2/c1-8-2-3-10(7-18-8)9-4-5-12(14(15,16)17)11(6-9)13(19)20/h2-7H,1H3,(H,19,20). The number of carboxylic acid groups (broad SMARTS) is 1. The van der Waals surface area contributed by atoms with Gasteiger partial charge in [-0.3, -0.25) is 4.98 Å². The first-order valence-corrected chi connectivity index (χ1v) is 5.66. The zero-order valence-corrected chi connectivity index (χ0v) is 10.4. The third-order valence-corrected chi connectivity index (χ3v) is 2.80. The minimum Gasteiger partial charge on any atom is -0.478 e. The number of benzene rings is 1. The van der Waals surface area contributed by atoms with E-state index in [9.17, 15) is 18.0 Å². The van der Waals surface area contributed by atoms with E-state index in [0.717, 1.165) is 17.8 Å². The molecule has 2 aromatic rings. The maximum absolute atomic E-state index is 12.7. The predicted octanol–water partition coefficient (Wildman–Crippen LogP) is 3.77. The second kappa shape index (κ2) is 4.96. The van der Waals surface area contributed by atoms with E-state index in [4.69, 9.17) is 5.11 Å². The van der Waals surface area contributed by atoms with Crippen LogP contribution in [0.1, 0.15) is 21.6 Å². The van der Waals surface area contributed by atoms with Crippen molar-refractivity contribution in [3.8, 4) is 11.1 Å². The molecule has 0 unspecified atom stereocenters. The lowest BCUT2D eigenvalue weighted by Gasteiger charge is -2.11. The molecule has 0 fully saturated rings. The summed E-state index contributed by atoms with van der Waals surface area (Å²) >= 11 is 0. The van der Waals surface area contributed by atoms with Crippen LogP contribution in [0, 0.1) is 6.92 Å². The highest BCUT2D eigenvalue weighted by molar-refractivity contribution is 5.91. The summed E-state index contributed by atoms with van der Waals surface area (Å²) < 4.78 is 38.2. The van der Waals surface area contributed by atoms with Crippen molar-refractivity contribution in [1.82, 2.24) is 4.98 Å². The van der Waals surface area contributed by atoms with Gasteiger partial charge in [0, 0.05) is 17.5 Å². The third-order valence-electron chi connectivity index (χ3n) is 2.80. The van der Waals surface area contributed by atoms with Gasteiger partial charge < -0.3 is 5.11 Å². The molecule has 1 aromatic heterocycles. The van der Waals surface area contributed by atoms with Crippen LogP contribution in [0.5, 0.6) is 0 Å². The lowest BCUT2D eigenvalue weighted by molar-refractivity contribution is -0.138. The summed E-state index contributed by atoms with van der Waals surface area (Å²) in [6.45, 7) is 1.78. The Labute approximate surface area is 112 Å². The van der Waals surface area contributed by atoms with Gasteiger partial charge in [0.2, 0.25) is 0 Å². The zero-order valence-electron chi connectivity index (χ0n) is 10.4. The molecule has 0 saturated heterocycles. The van der Waals surface area contributed by atoms with Crippen LogP contribution in [0.25, 0.3) is 11.1 Å². The minimum absolute atomic E-state index is 0.378. The van der Waals surface area contributed by atoms with E-state index in [-0.39, 0.29) is 0 Å². The molecule has 0 spiro atoms. The summed E-state index contributed by atoms with van der Waals surface area (Å²) in [7, 11) is 0. The Morgan fingerprint density at radius 3 is 2.30 bits per heavy atom. The van der Waals surface area contributed by atoms with Crippen molar-refractivity contribution >= 4 is 5.97 Å². The molecule has 0 amide bonds. The first-order chi connectivity index (χ1) is 9.29. The Hall–Kier alpha value is -2.37. The molecule has 3 nitrogen and oxygen atoms in total. The first-order valence-electron chi connectivity index (χ1n) is 5.66. The zero-order chi connectivity index (χ0) is 14.9. The number of hydrogen-bond donors (Lipinski definition) is 1. The molecule has 0 bridgehead atoms. The molecular formula is C14H10F3NO2. The van der Waals surface area contributed by atoms with Gasteiger partial charge in [0.25, 0.3) is 0 Å². The van der Waals surface area contributed by atoms with Crippen molar-refractivity contribution in [1.29, 1.82) is 0 Å². The minimum atomic E-state index is -4.70. The number of pyridine rings is 1. The third kappa shape index (κ3) is 2.79. The quantitative estimate of drug-likeness (QED) is 0.911. The maximum atomic E-state index is 12.7. The second-order valence-electron chi connectivity index (χ2n) is 4.25. The number of hydrogen-bond acceptors (Lipinski definition) is 2. The van der Waals surface area contributed by atoms with Crippen molar-refractivity contribution < 1.29 is 23.1 Å². The fourth-order valence-corrected chi connectivity index (χ4v) is 1.79. The molecule has 0 radical (unpaired) electrons. The van der Waals surface area contributed by atoms with Crippen molar-refractivity contribution in [2.45, 2.75) is 13.1 Å². The molecule has 1 N–H and O–H groups in total. The number of aromatic carboxylic acids is 1. The number of aromatic nitrogens is 1. The number of carboxylic acids is 1. The number of rotatable bonds is 2. The molecule has 0 atom stereocenters. The molecule has 0 saturated carbocycles. The topological polar surface area (TPSA) is 50.2 Å². The normalized spacial score (nSPS) is 11.4. The lowest BCUT2D eigenvalue weighted by atomic mass is 9.99. The fourth-order valence-electron chi connectivity index (χ4n) is 1.79. The first kappa shape index (κ1) is 14.0. The van der Waals surface area contributed by atoms with Crippen LogP contribution in [0.15, 0.2) is 36.5 Å². The van der Waals surface area contributed by atoms with E-state index >= 15 is 0 Å². The number of alkyl halides is 3. The summed E-state index contributed by atoms with van der Waals surface area (Å²) in [5, 5.41) is 8.93. The summed E-state index contributed by atoms with van der Waals surface area (Å²) in [6.07, 6.45) is -3.21. The van der Waals surface area contributed by atoms with Gasteiger partial charge in [-0.15, -0.1) is 0 Å². The van der Waals surface area contributed by atoms with E-state index in [1.807, 2.05) is 0 Å². The van der Waals surface area contributed by atoms with Crippen LogP contribution in [-0.4, -0.2) is 16.1 Å². The molecule has 0 aliphatic rings. The van der Waals surface area contributed by atoms with Gasteiger partial charge in [0.05, 0.1) is 11.1 Å². The summed E-state index contributed by atoms with van der Waals surface area (Å²) in [4.78, 5) is 15.0. The molecule has 20 heavy (non-hydrogen) atoms. The van der Waals surface area contributed by atoms with Gasteiger partial charge in [-0.2, -0.15) is 13.2 Å². The Kier molecular flexibility index (Phi) is 3.48. The molecule has 0 aliphatic carbocycles. The van der Waals surface area contributed by atoms with Gasteiger partial charge in [-0.05, 0) is 30.7 Å². The van der Waals surface area contributed by atoms with E-state index in [1.54, 1.807) is 19.1 Å². The highest BCUT2D eigenvalue weighted by Gasteiger charge is 2.35. The van der Waals surface area contributed by atoms with E-state index in [1.165, 1.54) is 12.3 Å². The summed E-state index contributed by atoms with van der Waals surface area (Å²) in [5.41, 5.74) is -0.224. The molecule has 104 valence electrons. The van der Waals surface area contributed by atoms with Crippen LogP contribution >= 0.6 is 0 Å². The van der Waals surface area contributed by atoms with Crippen molar-refractivity contribution in [3.63, 3.8) is 0 Å². The van der Waals surface area contributed by atoms with Crippen LogP contribution < -0.4 is 0 Å². The van der Waals surface area contributed by atoms with E-state index in [0.29, 0.717) is 11.1 Å². The molecular weight excluding hydrogens is 271 g/mol. The van der Waals surface area contributed by atoms with Crippen LogP contribution in [0.2, 0.25) is 0 Å². The van der Waals surface area contributed by atoms with Crippen LogP contribution in [0.4, 0.5) is 13.2 Å². The Bertz CT molecular complexity index is 648. The monoisotopic (exact) mass is 281 g/mol. The molecule has 1 heterocycles. The summed E-state index contributed by atoms with van der Waals surface area (Å²) in [6, 6.07) is 6.40. The number of halogens is 3. The maximum Gasteiger partial charge on any atom is 0.417 e. The Morgan fingerprint density at radius 1 is 1.15 bits per heavy atom. The highest BCUT2D eigenvalue weighted by atomic mass is 19.4. The Morgan fingerprint density at radius 2 is 1.80 bits per heavy atom. The van der Waals surface area contributed by atoms with E-state index < -0.39 is 23.3 Å². The molecule has 1 aromatic carbocycles. The molecule has 0 aliphatic heterocycles. The number of aryl methyl sites for hydroxylation is 1. The van der Waals surface area contributed by atoms with Crippen molar-refractivity contribution in [2.24, 2.45) is 0 Å². The van der Waals surface area contributed by atoms with Gasteiger partial charge in [-0.25, -0.2) is 4.79 Å². The van der Waals surface area contributed by atoms with Gasteiger partial charge >= 0.3 is 12.1 Å². The number of carbonyl (C=O) groups is 1. The van der Waals surface area contributed by atoms with E-state index in [2.05, 4.69) is 4.98 Å². The second-order valence-corrected chi connectivity index (χ2v) is 4.25.